The highest BCUT2D eigenvalue weighted by Gasteiger charge is 2.05. The average Bonchev–Trinajstić information content (AvgIpc) is 2.59. The van der Waals surface area contributed by atoms with Gasteiger partial charge in [0.25, 0.3) is 0 Å². The van der Waals surface area contributed by atoms with Crippen LogP contribution in [0.5, 0.6) is 0 Å². The number of fused-ring (bicyclic) bond motifs is 1. The molecule has 0 fully saturated rings. The molecular formula is C13H14N2. The van der Waals surface area contributed by atoms with Crippen LogP contribution in [0.2, 0.25) is 0 Å². The van der Waals surface area contributed by atoms with Gasteiger partial charge in [-0.25, -0.2) is 4.98 Å². The first-order chi connectivity index (χ1) is 7.24. The summed E-state index contributed by atoms with van der Waals surface area (Å²) in [4.78, 5) is 4.41. The van der Waals surface area contributed by atoms with Crippen LogP contribution in [-0.2, 0) is 7.05 Å². The number of benzene rings is 1. The molecule has 0 spiro atoms. The summed E-state index contributed by atoms with van der Waals surface area (Å²) in [5.74, 6) is 0. The van der Waals surface area contributed by atoms with Crippen LogP contribution >= 0.6 is 0 Å². The molecule has 1 aromatic heterocycles. The topological polar surface area (TPSA) is 17.8 Å². The van der Waals surface area contributed by atoms with Crippen molar-refractivity contribution < 1.29 is 0 Å². The lowest BCUT2D eigenvalue weighted by atomic mass is 10.1. The molecule has 0 N–H and O–H groups in total. The minimum absolute atomic E-state index is 1.05. The maximum absolute atomic E-state index is 4.41. The van der Waals surface area contributed by atoms with Crippen molar-refractivity contribution in [1.29, 1.82) is 0 Å². The predicted molar refractivity (Wildman–Crippen MR) is 64.7 cm³/mol. The Hall–Kier alpha value is -1.83. The summed E-state index contributed by atoms with van der Waals surface area (Å²) in [6, 6.07) is 4.22. The maximum atomic E-state index is 4.41. The van der Waals surface area contributed by atoms with E-state index in [1.54, 1.807) is 6.08 Å². The lowest BCUT2D eigenvalue weighted by Crippen LogP contribution is -1.86. The monoisotopic (exact) mass is 198 g/mol. The quantitative estimate of drug-likeness (QED) is 0.678. The molecule has 2 rings (SSSR count). The number of nitrogens with zero attached hydrogens (tertiary/aromatic N) is 2. The zero-order valence-corrected chi connectivity index (χ0v) is 9.07. The molecule has 76 valence electrons. The van der Waals surface area contributed by atoms with E-state index in [0.29, 0.717) is 0 Å². The minimum atomic E-state index is 1.05. The van der Waals surface area contributed by atoms with Crippen molar-refractivity contribution in [3.63, 3.8) is 0 Å². The van der Waals surface area contributed by atoms with Crippen LogP contribution in [0, 0.1) is 6.92 Å². The second kappa shape index (κ2) is 3.73. The van der Waals surface area contributed by atoms with Gasteiger partial charge in [-0.15, -0.1) is 0 Å². The summed E-state index contributed by atoms with van der Waals surface area (Å²) in [6.45, 7) is 5.77. The predicted octanol–water partition coefficient (Wildman–Crippen LogP) is 3.08. The maximum Gasteiger partial charge on any atom is 0.0959 e. The van der Waals surface area contributed by atoms with Crippen molar-refractivity contribution in [3.8, 4) is 0 Å². The second-order valence-electron chi connectivity index (χ2n) is 3.61. The highest BCUT2D eigenvalue weighted by atomic mass is 15.0. The Morgan fingerprint density at radius 2 is 2.20 bits per heavy atom. The van der Waals surface area contributed by atoms with Crippen molar-refractivity contribution in [1.82, 2.24) is 9.55 Å². The smallest absolute Gasteiger partial charge is 0.0959 e. The fourth-order valence-electron chi connectivity index (χ4n) is 1.70. The van der Waals surface area contributed by atoms with Crippen LogP contribution in [0.1, 0.15) is 11.1 Å². The van der Waals surface area contributed by atoms with Gasteiger partial charge in [0.15, 0.2) is 0 Å². The number of hydrogen-bond acceptors (Lipinski definition) is 1. The van der Waals surface area contributed by atoms with Crippen molar-refractivity contribution in [2.75, 3.05) is 0 Å². The molecule has 0 aliphatic heterocycles. The minimum Gasteiger partial charge on any atom is -0.334 e. The molecule has 0 atom stereocenters. The molecule has 0 amide bonds. The van der Waals surface area contributed by atoms with Crippen LogP contribution < -0.4 is 0 Å². The highest BCUT2D eigenvalue weighted by Crippen LogP contribution is 2.21. The third-order valence-electron chi connectivity index (χ3n) is 2.55. The lowest BCUT2D eigenvalue weighted by molar-refractivity contribution is 0.947. The van der Waals surface area contributed by atoms with Gasteiger partial charge < -0.3 is 4.57 Å². The molecule has 0 aliphatic carbocycles. The Balaban J connectivity index is 2.74. The normalized spacial score (nSPS) is 11.3. The van der Waals surface area contributed by atoms with Gasteiger partial charge in [-0.2, -0.15) is 0 Å². The van der Waals surface area contributed by atoms with Crippen molar-refractivity contribution in [2.45, 2.75) is 6.92 Å². The van der Waals surface area contributed by atoms with Gasteiger partial charge in [-0.05, 0) is 18.6 Å². The molecule has 0 saturated heterocycles. The Morgan fingerprint density at radius 3 is 2.93 bits per heavy atom. The third kappa shape index (κ3) is 1.59. The van der Waals surface area contributed by atoms with Gasteiger partial charge in [0.05, 0.1) is 17.4 Å². The summed E-state index contributed by atoms with van der Waals surface area (Å²) in [6.07, 6.45) is 7.62. The molecule has 2 heteroatoms. The van der Waals surface area contributed by atoms with E-state index in [9.17, 15) is 0 Å². The van der Waals surface area contributed by atoms with Crippen molar-refractivity contribution in [3.05, 3.63) is 48.3 Å². The zero-order chi connectivity index (χ0) is 10.8. The van der Waals surface area contributed by atoms with E-state index in [-0.39, 0.29) is 0 Å². The molecule has 0 bridgehead atoms. The summed E-state index contributed by atoms with van der Waals surface area (Å²) in [7, 11) is 2.01. The molecule has 2 aromatic rings. The number of aryl methyl sites for hydroxylation is 2. The summed E-state index contributed by atoms with van der Waals surface area (Å²) in [5.41, 5.74) is 4.62. The summed E-state index contributed by atoms with van der Waals surface area (Å²) < 4.78 is 2.03. The number of allylic oxidation sites excluding steroid dienone is 2. The lowest BCUT2D eigenvalue weighted by Gasteiger charge is -2.02. The summed E-state index contributed by atoms with van der Waals surface area (Å²) >= 11 is 0. The van der Waals surface area contributed by atoms with Gasteiger partial charge in [0.1, 0.15) is 0 Å². The van der Waals surface area contributed by atoms with Crippen LogP contribution in [0.4, 0.5) is 0 Å². The SMILES string of the molecule is C=C/C=C\c1c(C)ccc2c1ncn2C. The standard InChI is InChI=1S/C13H14N2/c1-4-5-6-11-10(2)7-8-12-13(11)14-9-15(12)3/h4-9H,1H2,2-3H3/b6-5-. The van der Waals surface area contributed by atoms with Gasteiger partial charge >= 0.3 is 0 Å². The molecule has 15 heavy (non-hydrogen) atoms. The zero-order valence-electron chi connectivity index (χ0n) is 9.07. The van der Waals surface area contributed by atoms with Crippen LogP contribution in [-0.4, -0.2) is 9.55 Å². The molecule has 0 saturated carbocycles. The Kier molecular flexibility index (Phi) is 2.42. The van der Waals surface area contributed by atoms with Crippen molar-refractivity contribution >= 4 is 17.1 Å². The molecule has 0 aliphatic rings. The number of imidazole rings is 1. The van der Waals surface area contributed by atoms with E-state index in [4.69, 9.17) is 0 Å². The first kappa shape index (κ1) is 9.71. The van der Waals surface area contributed by atoms with Crippen LogP contribution in [0.25, 0.3) is 17.1 Å². The van der Waals surface area contributed by atoms with Gasteiger partial charge in [-0.3, -0.25) is 0 Å². The van der Waals surface area contributed by atoms with E-state index in [0.717, 1.165) is 11.0 Å². The number of hydrogen-bond donors (Lipinski definition) is 0. The number of rotatable bonds is 2. The first-order valence-electron chi connectivity index (χ1n) is 4.94. The van der Waals surface area contributed by atoms with E-state index in [2.05, 4.69) is 36.7 Å². The second-order valence-corrected chi connectivity index (χ2v) is 3.61. The molecular weight excluding hydrogens is 184 g/mol. The fourth-order valence-corrected chi connectivity index (χ4v) is 1.70. The fraction of sp³-hybridized carbons (Fsp3) is 0.154. The molecule has 1 aromatic carbocycles. The van der Waals surface area contributed by atoms with Gasteiger partial charge in [0.2, 0.25) is 0 Å². The van der Waals surface area contributed by atoms with Gasteiger partial charge in [0, 0.05) is 12.6 Å². The first-order valence-corrected chi connectivity index (χ1v) is 4.94. The largest absolute Gasteiger partial charge is 0.334 e. The number of aromatic nitrogens is 2. The molecule has 0 radical (unpaired) electrons. The molecule has 2 nitrogen and oxygen atoms in total. The van der Waals surface area contributed by atoms with Crippen LogP contribution in [0.3, 0.4) is 0 Å². The van der Waals surface area contributed by atoms with Gasteiger partial charge in [-0.1, -0.05) is 30.9 Å². The molecule has 0 unspecified atom stereocenters. The van der Waals surface area contributed by atoms with E-state index >= 15 is 0 Å². The molecule has 1 heterocycles. The van der Waals surface area contributed by atoms with E-state index in [1.807, 2.05) is 24.0 Å². The Bertz CT molecular complexity index is 533. The van der Waals surface area contributed by atoms with Crippen molar-refractivity contribution in [2.24, 2.45) is 7.05 Å². The third-order valence-corrected chi connectivity index (χ3v) is 2.55. The van der Waals surface area contributed by atoms with E-state index < -0.39 is 0 Å². The Morgan fingerprint density at radius 1 is 1.40 bits per heavy atom. The summed E-state index contributed by atoms with van der Waals surface area (Å²) in [5, 5.41) is 0. The highest BCUT2D eigenvalue weighted by molar-refractivity contribution is 5.86. The average molecular weight is 198 g/mol. The Labute approximate surface area is 89.6 Å². The van der Waals surface area contributed by atoms with Crippen LogP contribution in [0.15, 0.2) is 37.2 Å². The van der Waals surface area contributed by atoms with E-state index in [1.165, 1.54) is 11.1 Å².